The van der Waals surface area contributed by atoms with Crippen LogP contribution in [0.2, 0.25) is 0 Å². The van der Waals surface area contributed by atoms with Crippen LogP contribution in [0, 0.1) is 6.92 Å². The van der Waals surface area contributed by atoms with Gasteiger partial charge in [0.2, 0.25) is 5.91 Å². The summed E-state index contributed by atoms with van der Waals surface area (Å²) < 4.78 is 2.04. The van der Waals surface area contributed by atoms with E-state index < -0.39 is 0 Å². The molecule has 1 saturated heterocycles. The van der Waals surface area contributed by atoms with Gasteiger partial charge in [0.15, 0.2) is 11.0 Å². The number of rotatable bonds is 5. The van der Waals surface area contributed by atoms with Crippen LogP contribution in [0.4, 0.5) is 0 Å². The molecule has 3 heterocycles. The first-order chi connectivity index (χ1) is 14.6. The van der Waals surface area contributed by atoms with Crippen molar-refractivity contribution in [2.75, 3.05) is 5.75 Å². The molecular formula is C23H27N5OS. The van der Waals surface area contributed by atoms with Gasteiger partial charge in [-0.15, -0.1) is 10.2 Å². The maximum Gasteiger partial charge on any atom is 0.233 e. The van der Waals surface area contributed by atoms with Crippen molar-refractivity contribution in [2.24, 2.45) is 0 Å². The molecular weight excluding hydrogens is 394 g/mol. The van der Waals surface area contributed by atoms with Crippen LogP contribution in [0.25, 0.3) is 17.1 Å². The summed E-state index contributed by atoms with van der Waals surface area (Å²) >= 11 is 1.45. The number of thioether (sulfide) groups is 1. The normalized spacial score (nSPS) is 19.1. The number of carbonyl (C=O) groups excluding carboxylic acids is 1. The first kappa shape index (κ1) is 20.6. The van der Waals surface area contributed by atoms with Crippen molar-refractivity contribution in [3.8, 4) is 17.1 Å². The van der Waals surface area contributed by atoms with Crippen LogP contribution in [0.5, 0.6) is 0 Å². The van der Waals surface area contributed by atoms with E-state index in [9.17, 15) is 4.79 Å². The van der Waals surface area contributed by atoms with Crippen LogP contribution in [-0.2, 0) is 4.79 Å². The van der Waals surface area contributed by atoms with E-state index in [1.807, 2.05) is 33.7 Å². The van der Waals surface area contributed by atoms with Crippen LogP contribution < -0.4 is 0 Å². The highest BCUT2D eigenvalue weighted by Crippen LogP contribution is 2.30. The van der Waals surface area contributed by atoms with E-state index in [1.54, 1.807) is 12.4 Å². The number of amides is 1. The fraction of sp³-hybridized carbons (Fsp3) is 0.391. The van der Waals surface area contributed by atoms with E-state index in [0.29, 0.717) is 23.0 Å². The van der Waals surface area contributed by atoms with Gasteiger partial charge in [0.05, 0.1) is 11.4 Å². The Bertz CT molecular complexity index is 1010. The van der Waals surface area contributed by atoms with Gasteiger partial charge in [-0.05, 0) is 63.8 Å². The highest BCUT2D eigenvalue weighted by molar-refractivity contribution is 7.99. The minimum atomic E-state index is 0.168. The lowest BCUT2D eigenvalue weighted by Gasteiger charge is -2.39. The van der Waals surface area contributed by atoms with Gasteiger partial charge in [0.25, 0.3) is 0 Å². The molecule has 0 saturated carbocycles. The summed E-state index contributed by atoms with van der Waals surface area (Å²) in [5, 5.41) is 9.61. The molecule has 1 amide bonds. The molecule has 0 N–H and O–H groups in total. The second-order valence-electron chi connectivity index (χ2n) is 7.89. The maximum absolute atomic E-state index is 13.0. The van der Waals surface area contributed by atoms with Crippen molar-refractivity contribution in [2.45, 2.75) is 57.3 Å². The summed E-state index contributed by atoms with van der Waals surface area (Å²) in [5.41, 5.74) is 3.02. The van der Waals surface area contributed by atoms with Crippen LogP contribution in [0.1, 0.15) is 38.7 Å². The molecule has 30 heavy (non-hydrogen) atoms. The number of piperidine rings is 1. The third-order valence-electron chi connectivity index (χ3n) is 5.72. The third kappa shape index (κ3) is 4.12. The molecule has 6 nitrogen and oxygen atoms in total. The highest BCUT2D eigenvalue weighted by atomic mass is 32.2. The average molecular weight is 422 g/mol. The van der Waals surface area contributed by atoms with Gasteiger partial charge >= 0.3 is 0 Å². The van der Waals surface area contributed by atoms with Crippen molar-refractivity contribution in [3.05, 3.63) is 54.4 Å². The fourth-order valence-corrected chi connectivity index (χ4v) is 5.00. The van der Waals surface area contributed by atoms with Crippen molar-refractivity contribution < 1.29 is 4.79 Å². The Morgan fingerprint density at radius 2 is 1.87 bits per heavy atom. The SMILES string of the molecule is Cc1ccccc1-n1c(SCC(=O)N2C(C)CCCC2C)nnc1-c1cccnc1. The molecule has 1 fully saturated rings. The average Bonchev–Trinajstić information content (AvgIpc) is 3.17. The lowest BCUT2D eigenvalue weighted by molar-refractivity contribution is -0.134. The van der Waals surface area contributed by atoms with Gasteiger partial charge in [-0.25, -0.2) is 0 Å². The fourth-order valence-electron chi connectivity index (χ4n) is 4.19. The largest absolute Gasteiger partial charge is 0.337 e. The quantitative estimate of drug-likeness (QED) is 0.567. The van der Waals surface area contributed by atoms with Crippen molar-refractivity contribution in [3.63, 3.8) is 0 Å². The zero-order valence-electron chi connectivity index (χ0n) is 17.7. The second-order valence-corrected chi connectivity index (χ2v) is 8.83. The first-order valence-electron chi connectivity index (χ1n) is 10.4. The van der Waals surface area contributed by atoms with Gasteiger partial charge in [-0.2, -0.15) is 0 Å². The predicted molar refractivity (Wildman–Crippen MR) is 120 cm³/mol. The topological polar surface area (TPSA) is 63.9 Å². The number of carbonyl (C=O) groups is 1. The molecule has 7 heteroatoms. The predicted octanol–water partition coefficient (Wildman–Crippen LogP) is 4.52. The Labute approximate surface area is 181 Å². The standard InChI is InChI=1S/C23H27N5OS/c1-16-8-4-5-12-20(16)28-22(19-11-7-13-24-14-19)25-26-23(28)30-15-21(29)27-17(2)9-6-10-18(27)3/h4-5,7-8,11-14,17-18H,6,9-10,15H2,1-3H3. The minimum absolute atomic E-state index is 0.168. The van der Waals surface area contributed by atoms with Crippen LogP contribution in [-0.4, -0.2) is 48.4 Å². The van der Waals surface area contributed by atoms with Gasteiger partial charge in [0.1, 0.15) is 0 Å². The Morgan fingerprint density at radius 1 is 1.10 bits per heavy atom. The van der Waals surface area contributed by atoms with Gasteiger partial charge in [0, 0.05) is 30.0 Å². The lowest BCUT2D eigenvalue weighted by atomic mass is 9.98. The lowest BCUT2D eigenvalue weighted by Crippen LogP contribution is -2.48. The van der Waals surface area contributed by atoms with E-state index in [-0.39, 0.29) is 5.91 Å². The third-order valence-corrected chi connectivity index (χ3v) is 6.63. The molecule has 2 atom stereocenters. The van der Waals surface area contributed by atoms with Crippen LogP contribution in [0.15, 0.2) is 53.9 Å². The van der Waals surface area contributed by atoms with Gasteiger partial charge in [-0.1, -0.05) is 30.0 Å². The number of hydrogen-bond donors (Lipinski definition) is 0. The van der Waals surface area contributed by atoms with Gasteiger partial charge in [-0.3, -0.25) is 14.3 Å². The molecule has 0 spiro atoms. The van der Waals surface area contributed by atoms with Crippen molar-refractivity contribution in [1.82, 2.24) is 24.6 Å². The number of nitrogens with zero attached hydrogens (tertiary/aromatic N) is 5. The second kappa shape index (κ2) is 9.00. The van der Waals surface area contributed by atoms with E-state index in [4.69, 9.17) is 0 Å². The van der Waals surface area contributed by atoms with Crippen LogP contribution in [0.3, 0.4) is 0 Å². The monoisotopic (exact) mass is 421 g/mol. The minimum Gasteiger partial charge on any atom is -0.337 e. The van der Waals surface area contributed by atoms with Crippen molar-refractivity contribution >= 4 is 17.7 Å². The number of pyridine rings is 1. The Kier molecular flexibility index (Phi) is 6.18. The molecule has 1 aliphatic rings. The zero-order valence-corrected chi connectivity index (χ0v) is 18.5. The van der Waals surface area contributed by atoms with E-state index in [1.165, 1.54) is 18.2 Å². The molecule has 156 valence electrons. The molecule has 2 unspecified atom stereocenters. The zero-order chi connectivity index (χ0) is 21.1. The van der Waals surface area contributed by atoms with E-state index in [2.05, 4.69) is 48.1 Å². The molecule has 1 aliphatic heterocycles. The Hall–Kier alpha value is -2.67. The summed E-state index contributed by atoms with van der Waals surface area (Å²) in [4.78, 5) is 19.3. The number of hydrogen-bond acceptors (Lipinski definition) is 5. The number of aryl methyl sites for hydroxylation is 1. The molecule has 0 aliphatic carbocycles. The summed E-state index contributed by atoms with van der Waals surface area (Å²) in [6.07, 6.45) is 6.87. The number of para-hydroxylation sites is 1. The molecule has 3 aromatic rings. The van der Waals surface area contributed by atoms with E-state index >= 15 is 0 Å². The van der Waals surface area contributed by atoms with Crippen LogP contribution >= 0.6 is 11.8 Å². The molecule has 2 aromatic heterocycles. The smallest absolute Gasteiger partial charge is 0.233 e. The molecule has 1 aromatic carbocycles. The van der Waals surface area contributed by atoms with E-state index in [0.717, 1.165) is 35.5 Å². The maximum atomic E-state index is 13.0. The number of aromatic nitrogens is 4. The molecule has 4 rings (SSSR count). The summed E-state index contributed by atoms with van der Waals surface area (Å²) in [7, 11) is 0. The van der Waals surface area contributed by atoms with Crippen molar-refractivity contribution in [1.29, 1.82) is 0 Å². The highest BCUT2D eigenvalue weighted by Gasteiger charge is 2.29. The molecule has 0 bridgehead atoms. The Morgan fingerprint density at radius 3 is 2.57 bits per heavy atom. The first-order valence-corrected chi connectivity index (χ1v) is 11.4. The van der Waals surface area contributed by atoms with Gasteiger partial charge < -0.3 is 4.90 Å². The summed E-state index contributed by atoms with van der Waals surface area (Å²) in [5.74, 6) is 1.25. The number of benzene rings is 1. The Balaban J connectivity index is 1.65. The summed E-state index contributed by atoms with van der Waals surface area (Å²) in [6, 6.07) is 12.6. The molecule has 0 radical (unpaired) electrons. The summed E-state index contributed by atoms with van der Waals surface area (Å²) in [6.45, 7) is 6.36. The number of likely N-dealkylation sites (tertiary alicyclic amines) is 1.